The van der Waals surface area contributed by atoms with E-state index in [2.05, 4.69) is 20.6 Å². The van der Waals surface area contributed by atoms with Crippen LogP contribution in [0, 0.1) is 0 Å². The number of nitrogens with zero attached hydrogens (tertiary/aromatic N) is 2. The van der Waals surface area contributed by atoms with Gasteiger partial charge in [-0.1, -0.05) is 11.6 Å². The lowest BCUT2D eigenvalue weighted by molar-refractivity contribution is 0.100. The van der Waals surface area contributed by atoms with Crippen molar-refractivity contribution in [1.82, 2.24) is 9.97 Å². The lowest BCUT2D eigenvalue weighted by Gasteiger charge is -2.14. The van der Waals surface area contributed by atoms with Gasteiger partial charge in [0.2, 0.25) is 0 Å². The quantitative estimate of drug-likeness (QED) is 0.250. The third-order valence-electron chi connectivity index (χ3n) is 4.47. The van der Waals surface area contributed by atoms with E-state index in [0.717, 1.165) is 5.69 Å². The molecule has 0 saturated carbocycles. The Morgan fingerprint density at radius 1 is 1.09 bits per heavy atom. The fourth-order valence-corrected chi connectivity index (χ4v) is 3.44. The maximum Gasteiger partial charge on any atom is 0.250 e. The Labute approximate surface area is 193 Å². The van der Waals surface area contributed by atoms with Crippen molar-refractivity contribution >= 4 is 62.8 Å². The number of anilines is 3. The molecule has 0 bridgehead atoms. The molecule has 2 heterocycles. The number of fused-ring (bicyclic) bond motifs is 1. The van der Waals surface area contributed by atoms with Crippen molar-refractivity contribution < 1.29 is 9.53 Å². The molecule has 0 aliphatic rings. The van der Waals surface area contributed by atoms with Gasteiger partial charge in [0.25, 0.3) is 5.91 Å². The molecule has 0 unspecified atom stereocenters. The number of amides is 1. The molecule has 6 N–H and O–H groups in total. The van der Waals surface area contributed by atoms with Gasteiger partial charge >= 0.3 is 0 Å². The zero-order chi connectivity index (χ0) is 22.7. The van der Waals surface area contributed by atoms with Gasteiger partial charge in [-0.2, -0.15) is 0 Å². The Morgan fingerprint density at radius 3 is 2.66 bits per heavy atom. The Balaban J connectivity index is 1.55. The van der Waals surface area contributed by atoms with Crippen molar-refractivity contribution in [1.29, 1.82) is 0 Å². The maximum absolute atomic E-state index is 11.7. The summed E-state index contributed by atoms with van der Waals surface area (Å²) in [7, 11) is 0. The smallest absolute Gasteiger partial charge is 0.250 e. The summed E-state index contributed by atoms with van der Waals surface area (Å²) in [4.78, 5) is 20.0. The Kier molecular flexibility index (Phi) is 6.02. The first-order valence-electron chi connectivity index (χ1n) is 9.34. The van der Waals surface area contributed by atoms with Gasteiger partial charge in [0.15, 0.2) is 5.11 Å². The Morgan fingerprint density at radius 2 is 1.94 bits per heavy atom. The number of aromatic nitrogens is 2. The first-order chi connectivity index (χ1) is 15.4. The third kappa shape index (κ3) is 4.69. The minimum Gasteiger partial charge on any atom is -0.457 e. The zero-order valence-corrected chi connectivity index (χ0v) is 18.1. The molecule has 0 atom stereocenters. The van der Waals surface area contributed by atoms with E-state index in [-0.39, 0.29) is 11.3 Å². The second kappa shape index (κ2) is 9.04. The molecule has 0 saturated heterocycles. The van der Waals surface area contributed by atoms with Crippen molar-refractivity contribution in [3.05, 3.63) is 77.7 Å². The number of carbonyl (C=O) groups is 1. The number of benzene rings is 2. The second-order valence-corrected chi connectivity index (χ2v) is 7.51. The molecule has 0 aliphatic carbocycles. The first-order valence-corrected chi connectivity index (χ1v) is 10.1. The topological polar surface area (TPSA) is 128 Å². The number of halogens is 1. The maximum atomic E-state index is 11.7. The second-order valence-electron chi connectivity index (χ2n) is 6.69. The normalized spacial score (nSPS) is 10.5. The number of hydrogen-bond acceptors (Lipinski definition) is 6. The van der Waals surface area contributed by atoms with Gasteiger partial charge in [-0.05, 0) is 54.7 Å². The van der Waals surface area contributed by atoms with E-state index in [1.165, 1.54) is 0 Å². The number of rotatable bonds is 5. The van der Waals surface area contributed by atoms with E-state index in [4.69, 9.17) is 40.0 Å². The molecular formula is C22H17ClN6O2S. The van der Waals surface area contributed by atoms with Crippen LogP contribution in [-0.4, -0.2) is 21.0 Å². The summed E-state index contributed by atoms with van der Waals surface area (Å²) in [5, 5.41) is 7.42. The highest BCUT2D eigenvalue weighted by molar-refractivity contribution is 7.80. The summed E-state index contributed by atoms with van der Waals surface area (Å²) < 4.78 is 6.00. The van der Waals surface area contributed by atoms with E-state index < -0.39 is 5.91 Å². The summed E-state index contributed by atoms with van der Waals surface area (Å²) in [5.41, 5.74) is 13.7. The van der Waals surface area contributed by atoms with Crippen LogP contribution in [0.25, 0.3) is 10.9 Å². The van der Waals surface area contributed by atoms with E-state index in [1.54, 1.807) is 61.1 Å². The van der Waals surface area contributed by atoms with Crippen molar-refractivity contribution in [3.63, 3.8) is 0 Å². The van der Waals surface area contributed by atoms with Gasteiger partial charge in [-0.25, -0.2) is 0 Å². The van der Waals surface area contributed by atoms with E-state index >= 15 is 0 Å². The number of primary amides is 1. The van der Waals surface area contributed by atoms with Crippen molar-refractivity contribution in [3.8, 4) is 11.5 Å². The fraction of sp³-hybridized carbons (Fsp3) is 0. The average molecular weight is 465 g/mol. The lowest BCUT2D eigenvalue weighted by Crippen LogP contribution is -2.19. The van der Waals surface area contributed by atoms with Crippen LogP contribution in [0.3, 0.4) is 0 Å². The number of thiocarbonyl (C=S) groups is 1. The fourth-order valence-electron chi connectivity index (χ4n) is 3.00. The molecule has 2 aromatic heterocycles. The number of nitrogens with two attached hydrogens (primary N) is 2. The van der Waals surface area contributed by atoms with Gasteiger partial charge in [0.05, 0.1) is 33.7 Å². The number of pyridine rings is 2. The summed E-state index contributed by atoms with van der Waals surface area (Å²) in [6.45, 7) is 0. The molecule has 8 nitrogen and oxygen atoms in total. The highest BCUT2D eigenvalue weighted by Crippen LogP contribution is 2.34. The summed E-state index contributed by atoms with van der Waals surface area (Å²) in [5.74, 6) is 0.327. The molecule has 0 aliphatic heterocycles. The highest BCUT2D eigenvalue weighted by Gasteiger charge is 2.13. The molecule has 1 amide bonds. The largest absolute Gasteiger partial charge is 0.457 e. The average Bonchev–Trinajstić information content (AvgIpc) is 2.76. The SMILES string of the molecule is NC(=O)c1cc2c(Oc3ccc(NC(=S)Nc4cccnc4)c(Cl)c3)ccnc2cc1N. The van der Waals surface area contributed by atoms with Crippen molar-refractivity contribution in [2.75, 3.05) is 16.4 Å². The van der Waals surface area contributed by atoms with Gasteiger partial charge in [0.1, 0.15) is 11.5 Å². The van der Waals surface area contributed by atoms with Crippen LogP contribution >= 0.6 is 23.8 Å². The van der Waals surface area contributed by atoms with E-state index in [0.29, 0.717) is 38.2 Å². The van der Waals surface area contributed by atoms with Gasteiger partial charge in [-0.3, -0.25) is 14.8 Å². The monoisotopic (exact) mass is 464 g/mol. The molecule has 4 aromatic rings. The molecule has 0 fully saturated rings. The first kappa shape index (κ1) is 21.3. The van der Waals surface area contributed by atoms with E-state index in [9.17, 15) is 4.79 Å². The summed E-state index contributed by atoms with van der Waals surface area (Å²) >= 11 is 11.7. The molecular weight excluding hydrogens is 448 g/mol. The van der Waals surface area contributed by atoms with Gasteiger partial charge in [-0.15, -0.1) is 0 Å². The van der Waals surface area contributed by atoms with Crippen LogP contribution in [0.4, 0.5) is 17.1 Å². The summed E-state index contributed by atoms with van der Waals surface area (Å²) in [6, 6.07) is 13.6. The van der Waals surface area contributed by atoms with Gasteiger partial charge in [0, 0.05) is 29.5 Å². The Bertz CT molecular complexity index is 1330. The van der Waals surface area contributed by atoms with E-state index in [1.807, 2.05) is 6.07 Å². The molecule has 4 rings (SSSR count). The molecule has 0 radical (unpaired) electrons. The lowest BCUT2D eigenvalue weighted by atomic mass is 10.1. The molecule has 10 heteroatoms. The molecule has 160 valence electrons. The minimum absolute atomic E-state index is 0.197. The highest BCUT2D eigenvalue weighted by atomic mass is 35.5. The van der Waals surface area contributed by atoms with Crippen LogP contribution in [0.5, 0.6) is 11.5 Å². The van der Waals surface area contributed by atoms with Crippen LogP contribution in [-0.2, 0) is 0 Å². The summed E-state index contributed by atoms with van der Waals surface area (Å²) in [6.07, 6.45) is 4.91. The predicted molar refractivity (Wildman–Crippen MR) is 130 cm³/mol. The Hall–Kier alpha value is -3.95. The van der Waals surface area contributed by atoms with Crippen LogP contribution < -0.4 is 26.8 Å². The minimum atomic E-state index is -0.631. The third-order valence-corrected chi connectivity index (χ3v) is 4.99. The number of nitrogen functional groups attached to an aromatic ring is 1. The standard InChI is InChI=1S/C22H17ClN6O2S/c23-16-8-13(3-4-18(16)29-22(32)28-12-2-1-6-26-11-12)31-20-5-7-27-19-10-17(24)14(21(25)30)9-15(19)20/h1-11H,24H2,(H2,25,30)(H2,28,29,32). The molecule has 0 spiro atoms. The zero-order valence-electron chi connectivity index (χ0n) is 16.5. The van der Waals surface area contributed by atoms with Gasteiger partial charge < -0.3 is 26.8 Å². The molecule has 32 heavy (non-hydrogen) atoms. The van der Waals surface area contributed by atoms with Crippen molar-refractivity contribution in [2.45, 2.75) is 0 Å². The van der Waals surface area contributed by atoms with Crippen LogP contribution in [0.15, 0.2) is 67.1 Å². The number of nitrogens with one attached hydrogen (secondary N) is 2. The number of hydrogen-bond donors (Lipinski definition) is 4. The predicted octanol–water partition coefficient (Wildman–Crippen LogP) is 4.57. The molecule has 2 aromatic carbocycles. The number of carbonyl (C=O) groups excluding carboxylic acids is 1. The number of ether oxygens (including phenoxy) is 1. The van der Waals surface area contributed by atoms with Crippen molar-refractivity contribution in [2.24, 2.45) is 5.73 Å². The van der Waals surface area contributed by atoms with Crippen LogP contribution in [0.2, 0.25) is 5.02 Å². The van der Waals surface area contributed by atoms with Crippen LogP contribution in [0.1, 0.15) is 10.4 Å².